The van der Waals surface area contributed by atoms with Gasteiger partial charge in [0, 0.05) is 37.8 Å². The number of pyridine rings is 1. The van der Waals surface area contributed by atoms with Gasteiger partial charge in [-0.25, -0.2) is 15.0 Å². The number of likely N-dealkylation sites (tertiary alicyclic amines) is 1. The van der Waals surface area contributed by atoms with Crippen molar-refractivity contribution in [3.63, 3.8) is 0 Å². The molecule has 4 heterocycles. The number of piperidine rings is 1. The Bertz CT molecular complexity index is 1270. The smallest absolute Gasteiger partial charge is 0.246 e. The number of nitrogens with one attached hydrogen (secondary N) is 1. The number of carbonyl (C=O) groups excluding carboxylic acids is 1. The Labute approximate surface area is 198 Å². The van der Waals surface area contributed by atoms with E-state index in [1.165, 1.54) is 5.56 Å². The highest BCUT2D eigenvalue weighted by molar-refractivity contribution is 5.91. The predicted molar refractivity (Wildman–Crippen MR) is 130 cm³/mol. The fraction of sp³-hybridized carbons (Fsp3) is 0.308. The minimum atomic E-state index is 0.0291. The molecule has 5 rings (SSSR count). The van der Waals surface area contributed by atoms with E-state index in [1.807, 2.05) is 35.4 Å². The normalized spacial score (nSPS) is 14.8. The number of hydrogen-bond donors (Lipinski definition) is 1. The molecule has 3 aromatic heterocycles. The van der Waals surface area contributed by atoms with Gasteiger partial charge in [-0.2, -0.15) is 0 Å². The van der Waals surface area contributed by atoms with Gasteiger partial charge in [-0.05, 0) is 55.2 Å². The zero-order valence-corrected chi connectivity index (χ0v) is 19.2. The van der Waals surface area contributed by atoms with E-state index in [9.17, 15) is 4.79 Å². The average molecular weight is 457 g/mol. The summed E-state index contributed by atoms with van der Waals surface area (Å²) in [7, 11) is 1.68. The zero-order chi connectivity index (χ0) is 23.3. The van der Waals surface area contributed by atoms with Gasteiger partial charge in [-0.1, -0.05) is 12.1 Å². The number of aryl methyl sites for hydroxylation is 2. The number of fused-ring (bicyclic) bond motifs is 1. The first-order chi connectivity index (χ1) is 16.7. The van der Waals surface area contributed by atoms with Crippen molar-refractivity contribution < 1.29 is 9.53 Å². The molecule has 1 aromatic carbocycles. The highest BCUT2D eigenvalue weighted by atomic mass is 16.5. The molecule has 1 aliphatic heterocycles. The second kappa shape index (κ2) is 9.91. The van der Waals surface area contributed by atoms with E-state index < -0.39 is 0 Å². The summed E-state index contributed by atoms with van der Waals surface area (Å²) in [6.07, 6.45) is 12.0. The monoisotopic (exact) mass is 456 g/mol. The lowest BCUT2D eigenvalue weighted by molar-refractivity contribution is -0.127. The molecule has 8 nitrogen and oxygen atoms in total. The fourth-order valence-electron chi connectivity index (χ4n) is 4.55. The van der Waals surface area contributed by atoms with Gasteiger partial charge >= 0.3 is 0 Å². The lowest BCUT2D eigenvalue weighted by atomic mass is 10.0. The standard InChI is InChI=1S/C26H28N6O2/c1-34-22-8-4-19(5-9-22)6-10-24-30-23-3-2-14-28-26(23)32(24)21-12-15-31(16-13-21)25(33)11-7-20-17-27-18-29-20/h2-5,7-9,11,14,17-18,21H,6,10,12-13,15-16H2,1H3,(H,27,29). The lowest BCUT2D eigenvalue weighted by Gasteiger charge is -2.33. The molecule has 1 N–H and O–H groups in total. The number of methoxy groups -OCH3 is 1. The summed E-state index contributed by atoms with van der Waals surface area (Å²) in [5.41, 5.74) is 3.92. The van der Waals surface area contributed by atoms with Gasteiger partial charge < -0.3 is 19.2 Å². The Hall–Kier alpha value is -3.94. The van der Waals surface area contributed by atoms with E-state index >= 15 is 0 Å². The van der Waals surface area contributed by atoms with Gasteiger partial charge in [0.2, 0.25) is 5.91 Å². The number of imidazole rings is 2. The fourth-order valence-corrected chi connectivity index (χ4v) is 4.55. The van der Waals surface area contributed by atoms with Crippen molar-refractivity contribution in [2.45, 2.75) is 31.7 Å². The van der Waals surface area contributed by atoms with Gasteiger partial charge in [0.05, 0.1) is 25.3 Å². The van der Waals surface area contributed by atoms with Crippen molar-refractivity contribution >= 4 is 23.1 Å². The number of benzene rings is 1. The second-order valence-corrected chi connectivity index (χ2v) is 8.49. The number of aromatic nitrogens is 5. The molecule has 0 atom stereocenters. The molecule has 174 valence electrons. The Kier molecular flexibility index (Phi) is 6.38. The maximum atomic E-state index is 12.6. The maximum Gasteiger partial charge on any atom is 0.246 e. The zero-order valence-electron chi connectivity index (χ0n) is 19.2. The number of carbonyl (C=O) groups is 1. The highest BCUT2D eigenvalue weighted by Crippen LogP contribution is 2.29. The largest absolute Gasteiger partial charge is 0.497 e. The topological polar surface area (TPSA) is 88.9 Å². The van der Waals surface area contributed by atoms with Crippen molar-refractivity contribution in [1.82, 2.24) is 29.4 Å². The summed E-state index contributed by atoms with van der Waals surface area (Å²) in [6, 6.07) is 12.4. The minimum Gasteiger partial charge on any atom is -0.497 e. The van der Waals surface area contributed by atoms with Crippen LogP contribution in [0.25, 0.3) is 17.2 Å². The summed E-state index contributed by atoms with van der Waals surface area (Å²) >= 11 is 0. The van der Waals surface area contributed by atoms with Crippen molar-refractivity contribution in [3.8, 4) is 5.75 Å². The van der Waals surface area contributed by atoms with Crippen LogP contribution < -0.4 is 4.74 Å². The van der Waals surface area contributed by atoms with E-state index in [0.717, 1.165) is 54.1 Å². The lowest BCUT2D eigenvalue weighted by Crippen LogP contribution is -2.38. The van der Waals surface area contributed by atoms with Crippen LogP contribution >= 0.6 is 0 Å². The van der Waals surface area contributed by atoms with Crippen molar-refractivity contribution in [1.29, 1.82) is 0 Å². The van der Waals surface area contributed by atoms with Crippen LogP contribution in [0.4, 0.5) is 0 Å². The van der Waals surface area contributed by atoms with E-state index in [4.69, 9.17) is 9.72 Å². The van der Waals surface area contributed by atoms with E-state index in [1.54, 1.807) is 31.8 Å². The second-order valence-electron chi connectivity index (χ2n) is 8.49. The van der Waals surface area contributed by atoms with Crippen LogP contribution in [0.2, 0.25) is 0 Å². The van der Waals surface area contributed by atoms with E-state index in [-0.39, 0.29) is 11.9 Å². The number of rotatable bonds is 7. The van der Waals surface area contributed by atoms with Gasteiger partial charge in [-0.3, -0.25) is 4.79 Å². The Balaban J connectivity index is 1.29. The minimum absolute atomic E-state index is 0.0291. The van der Waals surface area contributed by atoms with Crippen LogP contribution in [0, 0.1) is 0 Å². The van der Waals surface area contributed by atoms with Crippen LogP contribution in [0.15, 0.2) is 61.2 Å². The molecule has 0 bridgehead atoms. The molecule has 0 unspecified atom stereocenters. The van der Waals surface area contributed by atoms with Crippen LogP contribution in [-0.4, -0.2) is 55.5 Å². The summed E-state index contributed by atoms with van der Waals surface area (Å²) in [4.78, 5) is 31.1. The van der Waals surface area contributed by atoms with Crippen molar-refractivity contribution in [3.05, 3.63) is 78.3 Å². The molecule has 0 saturated carbocycles. The number of aromatic amines is 1. The number of nitrogens with zero attached hydrogens (tertiary/aromatic N) is 5. The molecule has 34 heavy (non-hydrogen) atoms. The number of hydrogen-bond acceptors (Lipinski definition) is 5. The van der Waals surface area contributed by atoms with Gasteiger partial charge in [0.15, 0.2) is 5.65 Å². The number of ether oxygens (including phenoxy) is 1. The molecule has 1 aliphatic rings. The molecule has 1 amide bonds. The predicted octanol–water partition coefficient (Wildman–Crippen LogP) is 3.83. The molecule has 0 radical (unpaired) electrons. The third-order valence-electron chi connectivity index (χ3n) is 6.38. The SMILES string of the molecule is COc1ccc(CCc2nc3cccnc3n2C2CCN(C(=O)C=Cc3cnc[nH]3)CC2)cc1. The summed E-state index contributed by atoms with van der Waals surface area (Å²) in [5.74, 6) is 1.94. The first-order valence-electron chi connectivity index (χ1n) is 11.6. The third kappa shape index (κ3) is 4.71. The van der Waals surface area contributed by atoms with Crippen molar-refractivity contribution in [2.24, 2.45) is 0 Å². The Morgan fingerprint density at radius 1 is 1.18 bits per heavy atom. The van der Waals surface area contributed by atoms with E-state index in [2.05, 4.69) is 31.7 Å². The maximum absolute atomic E-state index is 12.6. The summed E-state index contributed by atoms with van der Waals surface area (Å²) < 4.78 is 7.58. The van der Waals surface area contributed by atoms with Gasteiger partial charge in [-0.15, -0.1) is 0 Å². The first kappa shape index (κ1) is 21.9. The number of amides is 1. The van der Waals surface area contributed by atoms with Gasteiger partial charge in [0.25, 0.3) is 0 Å². The Morgan fingerprint density at radius 3 is 2.74 bits per heavy atom. The molecule has 1 saturated heterocycles. The van der Waals surface area contributed by atoms with Crippen molar-refractivity contribution in [2.75, 3.05) is 20.2 Å². The molecular formula is C26H28N6O2. The molecule has 1 fully saturated rings. The highest BCUT2D eigenvalue weighted by Gasteiger charge is 2.26. The van der Waals surface area contributed by atoms with Crippen LogP contribution in [0.5, 0.6) is 5.75 Å². The molecule has 4 aromatic rings. The summed E-state index contributed by atoms with van der Waals surface area (Å²) in [6.45, 7) is 1.42. The van der Waals surface area contributed by atoms with Crippen LogP contribution in [0.3, 0.4) is 0 Å². The molecule has 0 spiro atoms. The Morgan fingerprint density at radius 2 is 2.00 bits per heavy atom. The van der Waals surface area contributed by atoms with Gasteiger partial charge in [0.1, 0.15) is 17.1 Å². The number of H-pyrrole nitrogens is 1. The average Bonchev–Trinajstić information content (AvgIpc) is 3.54. The molecular weight excluding hydrogens is 428 g/mol. The third-order valence-corrected chi connectivity index (χ3v) is 6.38. The van der Waals surface area contributed by atoms with E-state index in [0.29, 0.717) is 13.1 Å². The summed E-state index contributed by atoms with van der Waals surface area (Å²) in [5, 5.41) is 0. The van der Waals surface area contributed by atoms with Crippen LogP contribution in [0.1, 0.15) is 36.0 Å². The van der Waals surface area contributed by atoms with Crippen LogP contribution in [-0.2, 0) is 17.6 Å². The molecule has 0 aliphatic carbocycles. The molecule has 8 heteroatoms. The quantitative estimate of drug-likeness (QED) is 0.427. The first-order valence-corrected chi connectivity index (χ1v) is 11.6.